The maximum Gasteiger partial charge on any atom is 0.193 e. The largest absolute Gasteiger partial charge is 0.493 e. The number of likely N-dealkylation sites (tertiary alicyclic amines) is 2. The van der Waals surface area contributed by atoms with Crippen molar-refractivity contribution >= 4 is 29.9 Å². The van der Waals surface area contributed by atoms with Gasteiger partial charge in [0.1, 0.15) is 5.75 Å². The average Bonchev–Trinajstić information content (AvgIpc) is 3.34. The summed E-state index contributed by atoms with van der Waals surface area (Å²) in [6.07, 6.45) is 5.07. The van der Waals surface area contributed by atoms with Gasteiger partial charge in [0.25, 0.3) is 0 Å². The smallest absolute Gasteiger partial charge is 0.193 e. The maximum absolute atomic E-state index is 5.78. The maximum atomic E-state index is 5.78. The number of benzene rings is 1. The molecular weight excluding hydrogens is 439 g/mol. The first-order valence-corrected chi connectivity index (χ1v) is 9.76. The molecule has 3 aliphatic heterocycles. The van der Waals surface area contributed by atoms with Crippen LogP contribution in [0.4, 0.5) is 0 Å². The molecule has 6 heteroatoms. The van der Waals surface area contributed by atoms with E-state index >= 15 is 0 Å². The minimum atomic E-state index is 0. The topological polar surface area (TPSA) is 40.1 Å². The number of rotatable bonds is 3. The van der Waals surface area contributed by atoms with Gasteiger partial charge in [-0.15, -0.1) is 24.0 Å². The van der Waals surface area contributed by atoms with E-state index in [4.69, 9.17) is 4.74 Å². The van der Waals surface area contributed by atoms with Gasteiger partial charge in [0.15, 0.2) is 5.96 Å². The zero-order valence-corrected chi connectivity index (χ0v) is 18.0. The van der Waals surface area contributed by atoms with E-state index in [9.17, 15) is 0 Å². The van der Waals surface area contributed by atoms with Crippen molar-refractivity contribution in [2.75, 3.05) is 46.4 Å². The van der Waals surface area contributed by atoms with Crippen molar-refractivity contribution in [2.45, 2.75) is 37.6 Å². The molecule has 1 aromatic carbocycles. The third kappa shape index (κ3) is 4.27. The van der Waals surface area contributed by atoms with E-state index in [1.807, 2.05) is 7.05 Å². The normalized spacial score (nSPS) is 26.2. The Bertz CT molecular complexity index is 618. The van der Waals surface area contributed by atoms with E-state index in [-0.39, 0.29) is 24.0 Å². The molecule has 144 valence electrons. The number of nitrogens with zero attached hydrogens (tertiary/aromatic N) is 3. The molecule has 4 rings (SSSR count). The Hall–Kier alpha value is -1.02. The molecule has 2 atom stereocenters. The van der Waals surface area contributed by atoms with Crippen LogP contribution in [-0.2, 0) is 0 Å². The van der Waals surface area contributed by atoms with Crippen LogP contribution in [0.3, 0.4) is 0 Å². The monoisotopic (exact) mass is 470 g/mol. The van der Waals surface area contributed by atoms with Crippen LogP contribution in [0.5, 0.6) is 5.75 Å². The van der Waals surface area contributed by atoms with E-state index in [2.05, 4.69) is 44.4 Å². The zero-order chi connectivity index (χ0) is 17.1. The molecule has 3 heterocycles. The van der Waals surface area contributed by atoms with Crippen LogP contribution in [0.15, 0.2) is 29.3 Å². The van der Waals surface area contributed by atoms with Gasteiger partial charge in [-0.05, 0) is 50.4 Å². The minimum absolute atomic E-state index is 0. The van der Waals surface area contributed by atoms with Crippen molar-refractivity contribution in [1.82, 2.24) is 15.1 Å². The molecule has 26 heavy (non-hydrogen) atoms. The van der Waals surface area contributed by atoms with Gasteiger partial charge in [0, 0.05) is 38.6 Å². The standard InChI is InChI=1S/C20H30N4O.HI/c1-21-20(24-12-8-17(15-24)23-10-4-5-11-23)22-14-16-9-13-25-19-7-3-2-6-18(16)19;/h2-3,6-7,16-17H,4-5,8-15H2,1H3,(H,21,22);1H. The second-order valence-electron chi connectivity index (χ2n) is 7.43. The first-order chi connectivity index (χ1) is 12.3. The minimum Gasteiger partial charge on any atom is -0.493 e. The van der Waals surface area contributed by atoms with Crippen LogP contribution in [0, 0.1) is 0 Å². The van der Waals surface area contributed by atoms with Gasteiger partial charge in [-0.25, -0.2) is 0 Å². The summed E-state index contributed by atoms with van der Waals surface area (Å²) in [5.74, 6) is 2.61. The molecular formula is C20H31IN4O. The molecule has 0 amide bonds. The Balaban J connectivity index is 0.00000196. The molecule has 0 aliphatic carbocycles. The highest BCUT2D eigenvalue weighted by Crippen LogP contribution is 2.32. The summed E-state index contributed by atoms with van der Waals surface area (Å²) in [7, 11) is 1.91. The number of hydrogen-bond donors (Lipinski definition) is 1. The molecule has 2 saturated heterocycles. The Morgan fingerprint density at radius 3 is 2.81 bits per heavy atom. The van der Waals surface area contributed by atoms with Gasteiger partial charge < -0.3 is 15.0 Å². The molecule has 0 spiro atoms. The van der Waals surface area contributed by atoms with Crippen LogP contribution in [-0.4, -0.2) is 68.2 Å². The molecule has 2 fully saturated rings. The van der Waals surface area contributed by atoms with Crippen molar-refractivity contribution in [2.24, 2.45) is 4.99 Å². The molecule has 3 aliphatic rings. The Morgan fingerprint density at radius 1 is 1.19 bits per heavy atom. The third-order valence-electron chi connectivity index (χ3n) is 5.92. The predicted octanol–water partition coefficient (Wildman–Crippen LogP) is 2.92. The van der Waals surface area contributed by atoms with Crippen molar-refractivity contribution < 1.29 is 4.74 Å². The second kappa shape index (κ2) is 9.26. The average molecular weight is 470 g/mol. The summed E-state index contributed by atoms with van der Waals surface area (Å²) in [6, 6.07) is 9.15. The van der Waals surface area contributed by atoms with Crippen LogP contribution < -0.4 is 10.1 Å². The van der Waals surface area contributed by atoms with Crippen LogP contribution in [0.1, 0.15) is 37.2 Å². The molecule has 1 N–H and O–H groups in total. The van der Waals surface area contributed by atoms with Crippen molar-refractivity contribution in [3.63, 3.8) is 0 Å². The Morgan fingerprint density at radius 2 is 2.00 bits per heavy atom. The summed E-state index contributed by atoms with van der Waals surface area (Å²) < 4.78 is 5.78. The number of nitrogens with one attached hydrogen (secondary N) is 1. The quantitative estimate of drug-likeness (QED) is 0.419. The van der Waals surface area contributed by atoms with Gasteiger partial charge in [-0.1, -0.05) is 18.2 Å². The highest BCUT2D eigenvalue weighted by atomic mass is 127. The lowest BCUT2D eigenvalue weighted by atomic mass is 9.93. The number of para-hydroxylation sites is 1. The highest BCUT2D eigenvalue weighted by Gasteiger charge is 2.31. The van der Waals surface area contributed by atoms with Crippen LogP contribution in [0.2, 0.25) is 0 Å². The summed E-state index contributed by atoms with van der Waals surface area (Å²) in [6.45, 7) is 6.53. The summed E-state index contributed by atoms with van der Waals surface area (Å²) in [4.78, 5) is 9.66. The summed E-state index contributed by atoms with van der Waals surface area (Å²) in [5, 5.41) is 3.63. The number of guanidine groups is 1. The van der Waals surface area contributed by atoms with Crippen LogP contribution >= 0.6 is 24.0 Å². The fourth-order valence-corrected chi connectivity index (χ4v) is 4.51. The molecule has 0 radical (unpaired) electrons. The van der Waals surface area contributed by atoms with Gasteiger partial charge >= 0.3 is 0 Å². The van der Waals surface area contributed by atoms with E-state index < -0.39 is 0 Å². The third-order valence-corrected chi connectivity index (χ3v) is 5.92. The van der Waals surface area contributed by atoms with E-state index in [0.717, 1.165) is 44.4 Å². The number of ether oxygens (including phenoxy) is 1. The number of fused-ring (bicyclic) bond motifs is 1. The predicted molar refractivity (Wildman–Crippen MR) is 117 cm³/mol. The molecule has 2 unspecified atom stereocenters. The molecule has 0 saturated carbocycles. The second-order valence-corrected chi connectivity index (χ2v) is 7.43. The van der Waals surface area contributed by atoms with Gasteiger partial charge in [0.05, 0.1) is 6.61 Å². The lowest BCUT2D eigenvalue weighted by molar-refractivity contribution is 0.248. The Labute approximate surface area is 174 Å². The summed E-state index contributed by atoms with van der Waals surface area (Å²) >= 11 is 0. The fourth-order valence-electron chi connectivity index (χ4n) is 4.51. The first kappa shape index (κ1) is 19.7. The Kier molecular flexibility index (Phi) is 7.03. The van der Waals surface area contributed by atoms with Gasteiger partial charge in [-0.3, -0.25) is 9.89 Å². The highest BCUT2D eigenvalue weighted by molar-refractivity contribution is 14.0. The molecule has 1 aromatic rings. The number of aliphatic imine (C=N–C) groups is 1. The van der Waals surface area contributed by atoms with E-state index in [1.54, 1.807) is 0 Å². The van der Waals surface area contributed by atoms with E-state index in [1.165, 1.54) is 37.9 Å². The van der Waals surface area contributed by atoms with Crippen molar-refractivity contribution in [3.05, 3.63) is 29.8 Å². The van der Waals surface area contributed by atoms with Gasteiger partial charge in [0.2, 0.25) is 0 Å². The van der Waals surface area contributed by atoms with E-state index in [0.29, 0.717) is 12.0 Å². The molecule has 0 aromatic heterocycles. The SMILES string of the molecule is CN=C(NCC1CCOc2ccccc21)N1CCC(N2CCCC2)C1.I. The zero-order valence-electron chi connectivity index (χ0n) is 15.7. The summed E-state index contributed by atoms with van der Waals surface area (Å²) in [5.41, 5.74) is 1.33. The number of hydrogen-bond acceptors (Lipinski definition) is 3. The molecule has 5 nitrogen and oxygen atoms in total. The molecule has 0 bridgehead atoms. The van der Waals surface area contributed by atoms with Crippen molar-refractivity contribution in [1.29, 1.82) is 0 Å². The lowest BCUT2D eigenvalue weighted by Gasteiger charge is -2.29. The van der Waals surface area contributed by atoms with Crippen LogP contribution in [0.25, 0.3) is 0 Å². The van der Waals surface area contributed by atoms with Crippen molar-refractivity contribution in [3.8, 4) is 5.75 Å². The number of halogens is 1. The van der Waals surface area contributed by atoms with Gasteiger partial charge in [-0.2, -0.15) is 0 Å². The first-order valence-electron chi connectivity index (χ1n) is 9.76. The fraction of sp³-hybridized carbons (Fsp3) is 0.650. The lowest BCUT2D eigenvalue weighted by Crippen LogP contribution is -2.44.